The lowest BCUT2D eigenvalue weighted by Gasteiger charge is -2.27. The standard InChI is InChI=1S/C19H34N4O2.HI/c1-14(2)10-16(23(4)5)13-22-19(20-3)21-12-15-8-9-17(24-6)18(11-15)25-7;/h8-9,11,14,16H,10,12-13H2,1-7H3,(H2,20,21,22);1H. The number of rotatable bonds is 9. The van der Waals surface area contributed by atoms with Gasteiger partial charge in [-0.3, -0.25) is 4.99 Å². The van der Waals surface area contributed by atoms with Crippen molar-refractivity contribution in [3.63, 3.8) is 0 Å². The Labute approximate surface area is 175 Å². The van der Waals surface area contributed by atoms with Gasteiger partial charge < -0.3 is 25.0 Å². The third-order valence-electron chi connectivity index (χ3n) is 4.11. The molecule has 26 heavy (non-hydrogen) atoms. The first-order valence-corrected chi connectivity index (χ1v) is 8.73. The van der Waals surface area contributed by atoms with Crippen LogP contribution in [0.15, 0.2) is 23.2 Å². The van der Waals surface area contributed by atoms with Gasteiger partial charge in [-0.2, -0.15) is 0 Å². The van der Waals surface area contributed by atoms with Crippen LogP contribution in [0.3, 0.4) is 0 Å². The van der Waals surface area contributed by atoms with Gasteiger partial charge in [0.1, 0.15) is 0 Å². The van der Waals surface area contributed by atoms with Crippen LogP contribution in [0.4, 0.5) is 0 Å². The molecule has 2 N–H and O–H groups in total. The molecule has 0 radical (unpaired) electrons. The van der Waals surface area contributed by atoms with E-state index in [1.165, 1.54) is 0 Å². The fraction of sp³-hybridized carbons (Fsp3) is 0.632. The van der Waals surface area contributed by atoms with Crippen molar-refractivity contribution in [2.24, 2.45) is 10.9 Å². The maximum absolute atomic E-state index is 5.35. The van der Waals surface area contributed by atoms with Gasteiger partial charge in [0.25, 0.3) is 0 Å². The normalized spacial score (nSPS) is 12.6. The Morgan fingerprint density at radius 1 is 1.12 bits per heavy atom. The summed E-state index contributed by atoms with van der Waals surface area (Å²) < 4.78 is 10.6. The quantitative estimate of drug-likeness (QED) is 0.325. The van der Waals surface area contributed by atoms with Crippen molar-refractivity contribution < 1.29 is 9.47 Å². The molecule has 0 heterocycles. The van der Waals surface area contributed by atoms with Gasteiger partial charge in [-0.1, -0.05) is 19.9 Å². The van der Waals surface area contributed by atoms with Crippen LogP contribution in [0, 0.1) is 5.92 Å². The zero-order valence-corrected chi connectivity index (χ0v) is 19.5. The van der Waals surface area contributed by atoms with Crippen LogP contribution in [-0.2, 0) is 6.54 Å². The van der Waals surface area contributed by atoms with Gasteiger partial charge in [-0.15, -0.1) is 24.0 Å². The van der Waals surface area contributed by atoms with Crippen LogP contribution in [-0.4, -0.2) is 58.8 Å². The smallest absolute Gasteiger partial charge is 0.191 e. The Kier molecular flexibility index (Phi) is 12.4. The highest BCUT2D eigenvalue weighted by molar-refractivity contribution is 14.0. The third kappa shape index (κ3) is 8.44. The first-order valence-electron chi connectivity index (χ1n) is 8.73. The molecule has 0 saturated carbocycles. The lowest BCUT2D eigenvalue weighted by Crippen LogP contribution is -2.45. The zero-order valence-electron chi connectivity index (χ0n) is 17.1. The minimum absolute atomic E-state index is 0. The molecule has 1 rings (SSSR count). The summed E-state index contributed by atoms with van der Waals surface area (Å²) >= 11 is 0. The van der Waals surface area contributed by atoms with Crippen LogP contribution in [0.25, 0.3) is 0 Å². The molecule has 1 atom stereocenters. The van der Waals surface area contributed by atoms with E-state index in [9.17, 15) is 0 Å². The fourth-order valence-electron chi connectivity index (χ4n) is 2.63. The lowest BCUT2D eigenvalue weighted by molar-refractivity contribution is 0.254. The predicted octanol–water partition coefficient (Wildman–Crippen LogP) is 2.96. The molecule has 0 saturated heterocycles. The van der Waals surface area contributed by atoms with Gasteiger partial charge in [-0.25, -0.2) is 0 Å². The summed E-state index contributed by atoms with van der Waals surface area (Å²) in [7, 11) is 9.31. The first kappa shape index (κ1) is 24.8. The molecule has 6 nitrogen and oxygen atoms in total. The maximum Gasteiger partial charge on any atom is 0.191 e. The average Bonchev–Trinajstić information content (AvgIpc) is 2.59. The highest BCUT2D eigenvalue weighted by atomic mass is 127. The summed E-state index contributed by atoms with van der Waals surface area (Å²) in [6.07, 6.45) is 1.15. The van der Waals surface area contributed by atoms with E-state index < -0.39 is 0 Å². The highest BCUT2D eigenvalue weighted by Crippen LogP contribution is 2.27. The Balaban J connectivity index is 0.00000625. The summed E-state index contributed by atoms with van der Waals surface area (Å²) in [5, 5.41) is 6.77. The monoisotopic (exact) mass is 478 g/mol. The van der Waals surface area contributed by atoms with Gasteiger partial charge in [-0.05, 0) is 44.1 Å². The van der Waals surface area contributed by atoms with Crippen LogP contribution in [0.1, 0.15) is 25.8 Å². The van der Waals surface area contributed by atoms with E-state index in [0.29, 0.717) is 18.5 Å². The number of guanidine groups is 1. The minimum Gasteiger partial charge on any atom is -0.493 e. The molecule has 0 aromatic heterocycles. The Morgan fingerprint density at radius 3 is 2.27 bits per heavy atom. The van der Waals surface area contributed by atoms with Crippen molar-refractivity contribution in [1.82, 2.24) is 15.5 Å². The summed E-state index contributed by atoms with van der Waals surface area (Å²) in [4.78, 5) is 6.57. The van der Waals surface area contributed by atoms with Gasteiger partial charge >= 0.3 is 0 Å². The average molecular weight is 478 g/mol. The molecule has 0 aliphatic carbocycles. The lowest BCUT2D eigenvalue weighted by atomic mass is 10.0. The molecule has 150 valence electrons. The number of hydrogen-bond donors (Lipinski definition) is 2. The number of likely N-dealkylation sites (N-methyl/N-ethyl adjacent to an activating group) is 1. The second-order valence-electron chi connectivity index (χ2n) is 6.74. The van der Waals surface area contributed by atoms with Gasteiger partial charge in [0.05, 0.1) is 14.2 Å². The summed E-state index contributed by atoms with van der Waals surface area (Å²) in [5.74, 6) is 2.92. The Morgan fingerprint density at radius 2 is 1.77 bits per heavy atom. The van der Waals surface area contributed by atoms with Gasteiger partial charge in [0, 0.05) is 26.2 Å². The van der Waals surface area contributed by atoms with Crippen molar-refractivity contribution in [2.45, 2.75) is 32.9 Å². The molecular formula is C19H35IN4O2. The maximum atomic E-state index is 5.35. The number of ether oxygens (including phenoxy) is 2. The molecule has 0 aliphatic rings. The van der Waals surface area contributed by atoms with E-state index in [1.54, 1.807) is 21.3 Å². The predicted molar refractivity (Wildman–Crippen MR) is 120 cm³/mol. The van der Waals surface area contributed by atoms with E-state index >= 15 is 0 Å². The second-order valence-corrected chi connectivity index (χ2v) is 6.74. The largest absolute Gasteiger partial charge is 0.493 e. The summed E-state index contributed by atoms with van der Waals surface area (Å²) in [6.45, 7) is 6.02. The van der Waals surface area contributed by atoms with Crippen molar-refractivity contribution in [2.75, 3.05) is 41.9 Å². The highest BCUT2D eigenvalue weighted by Gasteiger charge is 2.14. The van der Waals surface area contributed by atoms with Gasteiger partial charge in [0.15, 0.2) is 17.5 Å². The van der Waals surface area contributed by atoms with Crippen LogP contribution in [0.2, 0.25) is 0 Å². The molecule has 0 fully saturated rings. The number of nitrogens with one attached hydrogen (secondary N) is 2. The number of hydrogen-bond acceptors (Lipinski definition) is 4. The van der Waals surface area contributed by atoms with Crippen LogP contribution >= 0.6 is 24.0 Å². The Hall–Kier alpha value is -1.22. The van der Waals surface area contributed by atoms with E-state index in [2.05, 4.69) is 48.5 Å². The molecule has 0 bridgehead atoms. The van der Waals surface area contributed by atoms with E-state index in [0.717, 1.165) is 36.0 Å². The fourth-order valence-corrected chi connectivity index (χ4v) is 2.63. The molecule has 1 aromatic rings. The van der Waals surface area contributed by atoms with Crippen LogP contribution < -0.4 is 20.1 Å². The minimum atomic E-state index is 0. The number of nitrogens with zero attached hydrogens (tertiary/aromatic N) is 2. The summed E-state index contributed by atoms with van der Waals surface area (Å²) in [6, 6.07) is 6.37. The van der Waals surface area contributed by atoms with Crippen molar-refractivity contribution in [1.29, 1.82) is 0 Å². The second kappa shape index (κ2) is 13.0. The van der Waals surface area contributed by atoms with E-state index in [4.69, 9.17) is 9.47 Å². The van der Waals surface area contributed by atoms with Crippen LogP contribution in [0.5, 0.6) is 11.5 Å². The number of aliphatic imine (C=N–C) groups is 1. The molecule has 1 aromatic carbocycles. The molecule has 0 spiro atoms. The molecular weight excluding hydrogens is 443 g/mol. The third-order valence-corrected chi connectivity index (χ3v) is 4.11. The van der Waals surface area contributed by atoms with Crippen molar-refractivity contribution >= 4 is 29.9 Å². The Bertz CT molecular complexity index is 550. The van der Waals surface area contributed by atoms with Crippen molar-refractivity contribution in [3.8, 4) is 11.5 Å². The first-order chi connectivity index (χ1) is 11.9. The number of halogens is 1. The topological polar surface area (TPSA) is 58.1 Å². The number of benzene rings is 1. The summed E-state index contributed by atoms with van der Waals surface area (Å²) in [5.41, 5.74) is 1.10. The zero-order chi connectivity index (χ0) is 18.8. The van der Waals surface area contributed by atoms with Crippen molar-refractivity contribution in [3.05, 3.63) is 23.8 Å². The molecule has 0 aliphatic heterocycles. The number of methoxy groups -OCH3 is 2. The SMILES string of the molecule is CN=C(NCc1ccc(OC)c(OC)c1)NCC(CC(C)C)N(C)C.I. The van der Waals surface area contributed by atoms with E-state index in [1.807, 2.05) is 18.2 Å². The van der Waals surface area contributed by atoms with Gasteiger partial charge in [0.2, 0.25) is 0 Å². The molecule has 7 heteroatoms. The van der Waals surface area contributed by atoms with E-state index in [-0.39, 0.29) is 24.0 Å². The molecule has 1 unspecified atom stereocenters. The molecule has 0 amide bonds.